The van der Waals surface area contributed by atoms with Crippen LogP contribution in [0.1, 0.15) is 32.1 Å². The van der Waals surface area contributed by atoms with Crippen molar-refractivity contribution in [2.45, 2.75) is 13.1 Å². The minimum absolute atomic E-state index is 0.00667. The lowest BCUT2D eigenvalue weighted by atomic mass is 10.1. The molecule has 0 radical (unpaired) electrons. The van der Waals surface area contributed by atoms with E-state index >= 15 is 0 Å². The fraction of sp³-hybridized carbons (Fsp3) is 0.143. The van der Waals surface area contributed by atoms with Crippen molar-refractivity contribution in [1.29, 1.82) is 0 Å². The number of anilines is 4. The van der Waals surface area contributed by atoms with E-state index in [1.54, 1.807) is 0 Å². The first-order valence-electron chi connectivity index (χ1n) is 10.1. The van der Waals surface area contributed by atoms with E-state index in [-0.39, 0.29) is 40.2 Å². The lowest BCUT2D eigenvalue weighted by Crippen LogP contribution is -2.36. The number of carbonyl (C=O) groups excluding carboxylic acids is 1. The molecule has 0 saturated carbocycles. The first-order chi connectivity index (χ1) is 17.1. The van der Waals surface area contributed by atoms with Crippen LogP contribution in [-0.2, 0) is 17.8 Å². The molecule has 36 heavy (non-hydrogen) atoms. The number of rotatable bonds is 7. The number of hydrogen-bond acceptors (Lipinski definition) is 12. The summed E-state index contributed by atoms with van der Waals surface area (Å²) in [5.41, 5.74) is 17.1. The highest BCUT2D eigenvalue weighted by Crippen LogP contribution is 2.19. The van der Waals surface area contributed by atoms with E-state index in [9.17, 15) is 19.2 Å². The molecule has 0 aliphatic rings. The number of fused-ring (bicyclic) bond motifs is 1. The van der Waals surface area contributed by atoms with Gasteiger partial charge in [0.05, 0.1) is 7.11 Å². The Morgan fingerprint density at radius 1 is 1.08 bits per heavy atom. The Bertz CT molecular complexity index is 1530. The number of nitrogen functional groups attached to an aromatic ring is 3. The number of carboxylic acids is 1. The van der Waals surface area contributed by atoms with Crippen molar-refractivity contribution in [3.63, 3.8) is 0 Å². The van der Waals surface area contributed by atoms with Crippen molar-refractivity contribution in [2.24, 2.45) is 0 Å². The van der Waals surface area contributed by atoms with Gasteiger partial charge in [0, 0.05) is 19.2 Å². The standard InChI is InChI=1S/C12H12ClN3O2.C9H9N5O4/c13-16-6-8-3-1-2-7(4-8)5-15-10-9(14)11(17)12(10)18;1-18-8(17)4-2-3(7(15)16)12-6-5(10)13-9(11)14(4)6/h1-4,15-16H,5-6,14H2;2H,10H2,1H3,(H2,11,13)(H,15,16). The highest BCUT2D eigenvalue weighted by atomic mass is 35.5. The number of halogens is 1. The Labute approximate surface area is 207 Å². The summed E-state index contributed by atoms with van der Waals surface area (Å²) in [5.74, 6) is -2.22. The minimum atomic E-state index is -1.30. The normalized spacial score (nSPS) is 10.6. The van der Waals surface area contributed by atoms with Gasteiger partial charge in [-0.15, -0.1) is 0 Å². The predicted molar refractivity (Wildman–Crippen MR) is 132 cm³/mol. The number of nitrogens with zero attached hydrogens (tertiary/aromatic N) is 3. The van der Waals surface area contributed by atoms with Crippen LogP contribution >= 0.6 is 11.8 Å². The van der Waals surface area contributed by atoms with Gasteiger partial charge in [-0.1, -0.05) is 24.3 Å². The molecule has 0 unspecified atom stereocenters. The maximum Gasteiger partial charge on any atom is 0.355 e. The molecule has 2 aromatic heterocycles. The molecule has 4 rings (SSSR count). The zero-order valence-electron chi connectivity index (χ0n) is 18.7. The van der Waals surface area contributed by atoms with Gasteiger partial charge in [-0.05, 0) is 22.9 Å². The number of methoxy groups -OCH3 is 1. The van der Waals surface area contributed by atoms with Crippen LogP contribution in [0.5, 0.6) is 0 Å². The van der Waals surface area contributed by atoms with Crippen LogP contribution in [0.2, 0.25) is 0 Å². The third-order valence-electron chi connectivity index (χ3n) is 4.94. The molecule has 0 aliphatic heterocycles. The van der Waals surface area contributed by atoms with Gasteiger partial charge >= 0.3 is 11.9 Å². The van der Waals surface area contributed by atoms with E-state index in [2.05, 4.69) is 24.9 Å². The molecule has 0 saturated heterocycles. The van der Waals surface area contributed by atoms with Crippen molar-refractivity contribution < 1.29 is 19.4 Å². The summed E-state index contributed by atoms with van der Waals surface area (Å²) < 4.78 is 5.67. The second-order valence-electron chi connectivity index (χ2n) is 7.27. The molecule has 4 aromatic rings. The van der Waals surface area contributed by atoms with Gasteiger partial charge in [-0.25, -0.2) is 19.4 Å². The van der Waals surface area contributed by atoms with Crippen molar-refractivity contribution in [1.82, 2.24) is 19.2 Å². The van der Waals surface area contributed by atoms with Crippen molar-refractivity contribution in [3.05, 3.63) is 73.3 Å². The number of aromatic nitrogens is 3. The molecular formula is C21H21ClN8O6. The maximum absolute atomic E-state index is 11.6. The summed E-state index contributed by atoms with van der Waals surface area (Å²) >= 11 is 5.43. The van der Waals surface area contributed by atoms with E-state index < -0.39 is 22.8 Å². The number of ether oxygens (including phenoxy) is 1. The Morgan fingerprint density at radius 3 is 2.33 bits per heavy atom. The molecule has 15 heteroatoms. The molecule has 9 N–H and O–H groups in total. The molecular weight excluding hydrogens is 496 g/mol. The number of imidazole rings is 1. The van der Waals surface area contributed by atoms with E-state index in [1.807, 2.05) is 24.3 Å². The summed E-state index contributed by atoms with van der Waals surface area (Å²) in [6.45, 7) is 0.989. The molecule has 0 atom stereocenters. The molecule has 0 aliphatic carbocycles. The summed E-state index contributed by atoms with van der Waals surface area (Å²) in [6.07, 6.45) is 0. The number of aromatic carboxylic acids is 1. The Kier molecular flexibility index (Phi) is 7.71. The van der Waals surface area contributed by atoms with Crippen LogP contribution in [-0.4, -0.2) is 38.5 Å². The molecule has 2 aromatic carbocycles. The van der Waals surface area contributed by atoms with Crippen molar-refractivity contribution in [3.8, 4) is 0 Å². The average molecular weight is 517 g/mol. The zero-order chi connectivity index (χ0) is 26.6. The number of hydrogen-bond donors (Lipinski definition) is 6. The van der Waals surface area contributed by atoms with Gasteiger partial charge in [0.25, 0.3) is 10.9 Å². The number of nitrogens with two attached hydrogens (primary N) is 3. The molecule has 0 amide bonds. The van der Waals surface area contributed by atoms with Gasteiger partial charge in [0.15, 0.2) is 17.2 Å². The van der Waals surface area contributed by atoms with Gasteiger partial charge in [-0.2, -0.15) is 4.98 Å². The van der Waals surface area contributed by atoms with Crippen LogP contribution in [0.15, 0.2) is 39.9 Å². The smallest absolute Gasteiger partial charge is 0.355 e. The molecule has 14 nitrogen and oxygen atoms in total. The van der Waals surface area contributed by atoms with Crippen LogP contribution in [0.3, 0.4) is 0 Å². The van der Waals surface area contributed by atoms with E-state index in [1.165, 1.54) is 0 Å². The number of nitrogens with one attached hydrogen (secondary N) is 2. The fourth-order valence-electron chi connectivity index (χ4n) is 3.20. The molecule has 0 spiro atoms. The topological polar surface area (TPSA) is 230 Å². The lowest BCUT2D eigenvalue weighted by molar-refractivity contribution is 0.0592. The lowest BCUT2D eigenvalue weighted by Gasteiger charge is -2.10. The van der Waals surface area contributed by atoms with Crippen molar-refractivity contribution in [2.75, 3.05) is 29.6 Å². The highest BCUT2D eigenvalue weighted by Gasteiger charge is 2.21. The molecule has 188 valence electrons. The third-order valence-corrected chi connectivity index (χ3v) is 5.07. The van der Waals surface area contributed by atoms with Crippen molar-refractivity contribution >= 4 is 52.5 Å². The summed E-state index contributed by atoms with van der Waals surface area (Å²) in [7, 11) is 1.16. The Hall–Kier alpha value is -4.69. The average Bonchev–Trinajstić information content (AvgIpc) is 3.16. The summed E-state index contributed by atoms with van der Waals surface area (Å²) in [4.78, 5) is 54.6. The highest BCUT2D eigenvalue weighted by molar-refractivity contribution is 6.13. The van der Waals surface area contributed by atoms with E-state index in [0.717, 1.165) is 28.7 Å². The fourth-order valence-corrected chi connectivity index (χ4v) is 3.35. The largest absolute Gasteiger partial charge is 0.477 e. The maximum atomic E-state index is 11.6. The van der Waals surface area contributed by atoms with Gasteiger partial charge in [-0.3, -0.25) is 14.0 Å². The second kappa shape index (κ2) is 10.7. The SMILES string of the molecule is COC(=O)c1cc(C(=O)O)nc2c(N)nc(N)n12.Nc1c(NCc2cccc(CNCl)c2)c(=O)c1=O. The van der Waals surface area contributed by atoms with E-state index in [0.29, 0.717) is 13.1 Å². The van der Waals surface area contributed by atoms with Crippen LogP contribution in [0.25, 0.3) is 5.65 Å². The van der Waals surface area contributed by atoms with E-state index in [4.69, 9.17) is 34.1 Å². The zero-order valence-corrected chi connectivity index (χ0v) is 19.5. The van der Waals surface area contributed by atoms with Gasteiger partial charge in [0.2, 0.25) is 5.95 Å². The minimum Gasteiger partial charge on any atom is -0.477 e. The van der Waals surface area contributed by atoms with Gasteiger partial charge < -0.3 is 32.4 Å². The van der Waals surface area contributed by atoms with Crippen LogP contribution < -0.4 is 38.2 Å². The molecule has 0 fully saturated rings. The second-order valence-corrected chi connectivity index (χ2v) is 7.54. The van der Waals surface area contributed by atoms with Gasteiger partial charge in [0.1, 0.15) is 17.1 Å². The molecule has 2 heterocycles. The number of esters is 1. The first-order valence-corrected chi connectivity index (χ1v) is 10.5. The van der Waals surface area contributed by atoms with Crippen LogP contribution in [0, 0.1) is 0 Å². The number of carbonyl (C=O) groups is 2. The third kappa shape index (κ3) is 5.18. The number of benzene rings is 1. The Balaban J connectivity index is 0.000000201. The van der Waals surface area contributed by atoms with Crippen LogP contribution in [0.4, 0.5) is 23.1 Å². The quantitative estimate of drug-likeness (QED) is 0.109. The number of carboxylic acid groups (broad SMARTS) is 1. The Morgan fingerprint density at radius 2 is 1.75 bits per heavy atom. The molecule has 0 bridgehead atoms. The predicted octanol–water partition coefficient (Wildman–Crippen LogP) is 0.0988. The summed E-state index contributed by atoms with van der Waals surface area (Å²) in [6, 6.07) is 8.73. The monoisotopic (exact) mass is 516 g/mol. The first kappa shape index (κ1) is 25.9. The summed E-state index contributed by atoms with van der Waals surface area (Å²) in [5, 5.41) is 11.8.